The van der Waals surface area contributed by atoms with E-state index in [1.807, 2.05) is 12.1 Å². The van der Waals surface area contributed by atoms with Gasteiger partial charge >= 0.3 is 0 Å². The molecule has 1 heterocycles. The number of piperidine rings is 1. The molecule has 1 aliphatic rings. The van der Waals surface area contributed by atoms with Crippen molar-refractivity contribution < 1.29 is 4.74 Å². The first-order valence-electron chi connectivity index (χ1n) is 6.28. The van der Waals surface area contributed by atoms with Crippen LogP contribution < -0.4 is 10.1 Å². The zero-order valence-electron chi connectivity index (χ0n) is 11.2. The highest BCUT2D eigenvalue weighted by Crippen LogP contribution is 2.34. The summed E-state index contributed by atoms with van der Waals surface area (Å²) >= 11 is 3.52. The van der Waals surface area contributed by atoms with Crippen molar-refractivity contribution >= 4 is 22.0 Å². The van der Waals surface area contributed by atoms with Gasteiger partial charge in [0.25, 0.3) is 0 Å². The van der Waals surface area contributed by atoms with E-state index in [2.05, 4.69) is 47.2 Å². The molecule has 0 spiro atoms. The Labute approximate surface area is 118 Å². The Balaban J connectivity index is 2.39. The van der Waals surface area contributed by atoms with Crippen LogP contribution in [0.5, 0.6) is 5.75 Å². The SMILES string of the molecule is COc1ccc(Br)cc1/C=C1/CCNCC1(C)C. The average Bonchev–Trinajstić information content (AvgIpc) is 2.32. The Bertz CT molecular complexity index is 466. The van der Waals surface area contributed by atoms with Gasteiger partial charge in [-0.25, -0.2) is 0 Å². The summed E-state index contributed by atoms with van der Waals surface area (Å²) in [7, 11) is 1.72. The molecule has 0 saturated carbocycles. The van der Waals surface area contributed by atoms with Crippen molar-refractivity contribution in [2.75, 3.05) is 20.2 Å². The third-order valence-corrected chi connectivity index (χ3v) is 4.02. The highest BCUT2D eigenvalue weighted by atomic mass is 79.9. The van der Waals surface area contributed by atoms with Crippen LogP contribution in [-0.2, 0) is 0 Å². The Morgan fingerprint density at radius 1 is 1.39 bits per heavy atom. The fourth-order valence-electron chi connectivity index (χ4n) is 2.35. The molecule has 0 atom stereocenters. The van der Waals surface area contributed by atoms with E-state index in [-0.39, 0.29) is 5.41 Å². The van der Waals surface area contributed by atoms with Gasteiger partial charge in [0.2, 0.25) is 0 Å². The Morgan fingerprint density at radius 2 is 2.17 bits per heavy atom. The minimum Gasteiger partial charge on any atom is -0.496 e. The van der Waals surface area contributed by atoms with Gasteiger partial charge in [0.05, 0.1) is 7.11 Å². The van der Waals surface area contributed by atoms with Gasteiger partial charge in [-0.1, -0.05) is 41.4 Å². The van der Waals surface area contributed by atoms with Gasteiger partial charge in [-0.2, -0.15) is 0 Å². The second-order valence-electron chi connectivity index (χ2n) is 5.37. The molecule has 1 aromatic rings. The maximum Gasteiger partial charge on any atom is 0.126 e. The molecule has 1 fully saturated rings. The minimum atomic E-state index is 0.214. The van der Waals surface area contributed by atoms with Crippen LogP contribution in [0.4, 0.5) is 0 Å². The number of benzene rings is 1. The molecule has 0 radical (unpaired) electrons. The Hall–Kier alpha value is -0.800. The minimum absolute atomic E-state index is 0.214. The normalized spacial score (nSPS) is 21.0. The van der Waals surface area contributed by atoms with Gasteiger partial charge in [-0.05, 0) is 36.6 Å². The summed E-state index contributed by atoms with van der Waals surface area (Å²) in [4.78, 5) is 0. The summed E-state index contributed by atoms with van der Waals surface area (Å²) in [6, 6.07) is 6.13. The zero-order chi connectivity index (χ0) is 13.2. The van der Waals surface area contributed by atoms with Gasteiger partial charge in [-0.3, -0.25) is 0 Å². The molecule has 98 valence electrons. The fourth-order valence-corrected chi connectivity index (χ4v) is 2.73. The summed E-state index contributed by atoms with van der Waals surface area (Å²) < 4.78 is 6.51. The number of halogens is 1. The molecule has 1 aromatic carbocycles. The van der Waals surface area contributed by atoms with E-state index in [1.165, 1.54) is 5.57 Å². The molecule has 3 heteroatoms. The lowest BCUT2D eigenvalue weighted by Gasteiger charge is -2.33. The lowest BCUT2D eigenvalue weighted by molar-refractivity contribution is 0.360. The summed E-state index contributed by atoms with van der Waals surface area (Å²) in [5, 5.41) is 3.45. The number of hydrogen-bond acceptors (Lipinski definition) is 2. The third kappa shape index (κ3) is 2.96. The smallest absolute Gasteiger partial charge is 0.126 e. The van der Waals surface area contributed by atoms with E-state index in [4.69, 9.17) is 4.74 Å². The first kappa shape index (κ1) is 13.6. The number of rotatable bonds is 2. The quantitative estimate of drug-likeness (QED) is 0.895. The molecule has 1 saturated heterocycles. The second kappa shape index (κ2) is 5.45. The van der Waals surface area contributed by atoms with Gasteiger partial charge < -0.3 is 10.1 Å². The van der Waals surface area contributed by atoms with Crippen molar-refractivity contribution in [3.05, 3.63) is 33.8 Å². The highest BCUT2D eigenvalue weighted by molar-refractivity contribution is 9.10. The highest BCUT2D eigenvalue weighted by Gasteiger charge is 2.26. The zero-order valence-corrected chi connectivity index (χ0v) is 12.8. The number of methoxy groups -OCH3 is 1. The molecule has 0 aromatic heterocycles. The maximum atomic E-state index is 5.43. The van der Waals surface area contributed by atoms with Gasteiger partial charge in [-0.15, -0.1) is 0 Å². The van der Waals surface area contributed by atoms with Crippen molar-refractivity contribution in [1.29, 1.82) is 0 Å². The molecule has 0 bridgehead atoms. The molecule has 0 unspecified atom stereocenters. The number of hydrogen-bond donors (Lipinski definition) is 1. The molecule has 1 N–H and O–H groups in total. The van der Waals surface area contributed by atoms with E-state index in [0.717, 1.165) is 35.3 Å². The van der Waals surface area contributed by atoms with Crippen molar-refractivity contribution in [1.82, 2.24) is 5.32 Å². The van der Waals surface area contributed by atoms with Gasteiger partial charge in [0.15, 0.2) is 0 Å². The van der Waals surface area contributed by atoms with E-state index >= 15 is 0 Å². The molecule has 2 nitrogen and oxygen atoms in total. The number of nitrogens with one attached hydrogen (secondary N) is 1. The van der Waals surface area contributed by atoms with Crippen molar-refractivity contribution in [2.24, 2.45) is 5.41 Å². The van der Waals surface area contributed by atoms with Gasteiger partial charge in [0.1, 0.15) is 5.75 Å². The molecule has 2 rings (SSSR count). The van der Waals surface area contributed by atoms with Gasteiger partial charge in [0, 0.05) is 16.6 Å². The van der Waals surface area contributed by atoms with Crippen LogP contribution in [0.15, 0.2) is 28.2 Å². The monoisotopic (exact) mass is 309 g/mol. The van der Waals surface area contributed by atoms with Crippen LogP contribution in [0.1, 0.15) is 25.8 Å². The molecule has 0 aliphatic carbocycles. The summed E-state index contributed by atoms with van der Waals surface area (Å²) in [6.07, 6.45) is 3.38. The lowest BCUT2D eigenvalue weighted by atomic mass is 9.79. The predicted octanol–water partition coefficient (Wildman–Crippen LogP) is 3.86. The summed E-state index contributed by atoms with van der Waals surface area (Å²) in [5.41, 5.74) is 2.85. The van der Waals surface area contributed by atoms with Crippen LogP contribution in [0.25, 0.3) is 6.08 Å². The average molecular weight is 310 g/mol. The molecule has 0 amide bonds. The first-order chi connectivity index (χ1) is 8.53. The largest absolute Gasteiger partial charge is 0.496 e. The van der Waals surface area contributed by atoms with Crippen molar-refractivity contribution in [2.45, 2.75) is 20.3 Å². The van der Waals surface area contributed by atoms with Crippen LogP contribution in [0.2, 0.25) is 0 Å². The topological polar surface area (TPSA) is 21.3 Å². The Kier molecular flexibility index (Phi) is 4.13. The van der Waals surface area contributed by atoms with Crippen LogP contribution in [0, 0.1) is 5.41 Å². The summed E-state index contributed by atoms with van der Waals surface area (Å²) in [6.45, 7) is 6.67. The standard InChI is InChI=1S/C15H20BrNO/c1-15(2)10-17-7-6-12(15)8-11-9-13(16)4-5-14(11)18-3/h4-5,8-9,17H,6-7,10H2,1-3H3/b12-8-. The van der Waals surface area contributed by atoms with E-state index in [9.17, 15) is 0 Å². The summed E-state index contributed by atoms with van der Waals surface area (Å²) in [5.74, 6) is 0.931. The molecular weight excluding hydrogens is 290 g/mol. The molecular formula is C15H20BrNO. The van der Waals surface area contributed by atoms with Crippen molar-refractivity contribution in [3.8, 4) is 5.75 Å². The lowest BCUT2D eigenvalue weighted by Crippen LogP contribution is -2.37. The van der Waals surface area contributed by atoms with Crippen LogP contribution >= 0.6 is 15.9 Å². The fraction of sp³-hybridized carbons (Fsp3) is 0.467. The second-order valence-corrected chi connectivity index (χ2v) is 6.28. The third-order valence-electron chi connectivity index (χ3n) is 3.53. The van der Waals surface area contributed by atoms with E-state index in [1.54, 1.807) is 7.11 Å². The molecule has 18 heavy (non-hydrogen) atoms. The van der Waals surface area contributed by atoms with Crippen LogP contribution in [0.3, 0.4) is 0 Å². The maximum absolute atomic E-state index is 5.43. The number of ether oxygens (including phenoxy) is 1. The van der Waals surface area contributed by atoms with Crippen LogP contribution in [-0.4, -0.2) is 20.2 Å². The first-order valence-corrected chi connectivity index (χ1v) is 7.07. The molecule has 1 aliphatic heterocycles. The Morgan fingerprint density at radius 3 is 2.83 bits per heavy atom. The van der Waals surface area contributed by atoms with E-state index in [0.29, 0.717) is 0 Å². The van der Waals surface area contributed by atoms with Crippen molar-refractivity contribution in [3.63, 3.8) is 0 Å². The predicted molar refractivity (Wildman–Crippen MR) is 79.9 cm³/mol. The van der Waals surface area contributed by atoms with E-state index < -0.39 is 0 Å².